The number of ether oxygens (including phenoxy) is 1. The van der Waals surface area contributed by atoms with E-state index in [4.69, 9.17) is 10.6 Å². The maximum absolute atomic E-state index is 11.2. The fraction of sp³-hybridized carbons (Fsp3) is 0.308. The van der Waals surface area contributed by atoms with Crippen LogP contribution in [0.3, 0.4) is 0 Å². The molecule has 3 N–H and O–H groups in total. The highest BCUT2D eigenvalue weighted by atomic mass is 16.5. The van der Waals surface area contributed by atoms with Crippen molar-refractivity contribution in [2.24, 2.45) is 5.84 Å². The largest absolute Gasteiger partial charge is 0.492 e. The second-order valence-corrected chi connectivity index (χ2v) is 4.58. The quantitative estimate of drug-likeness (QED) is 0.442. The Hall–Kier alpha value is -2.61. The van der Waals surface area contributed by atoms with E-state index in [9.17, 15) is 4.79 Å². The molecule has 0 spiro atoms. The number of nitrogens with one attached hydrogen (secondary N) is 1. The van der Waals surface area contributed by atoms with E-state index in [1.165, 1.54) is 10.9 Å². The summed E-state index contributed by atoms with van der Waals surface area (Å²) >= 11 is 0. The first-order chi connectivity index (χ1) is 10.1. The lowest BCUT2D eigenvalue weighted by Gasteiger charge is -2.14. The van der Waals surface area contributed by atoms with E-state index in [0.29, 0.717) is 13.2 Å². The number of nitrogen functional groups attached to an aromatic ring is 1. The predicted molar refractivity (Wildman–Crippen MR) is 77.9 cm³/mol. The SMILES string of the molecule is CN(C)c1cccc(OCCn2cc(C(=O)NN)nn2)c1. The van der Waals surface area contributed by atoms with Crippen molar-refractivity contribution in [3.8, 4) is 5.75 Å². The summed E-state index contributed by atoms with van der Waals surface area (Å²) in [5.41, 5.74) is 3.24. The number of anilines is 1. The number of benzene rings is 1. The third kappa shape index (κ3) is 3.93. The van der Waals surface area contributed by atoms with Crippen LogP contribution in [0, 0.1) is 0 Å². The van der Waals surface area contributed by atoms with Gasteiger partial charge < -0.3 is 9.64 Å². The first-order valence-electron chi connectivity index (χ1n) is 6.41. The maximum Gasteiger partial charge on any atom is 0.287 e. The van der Waals surface area contributed by atoms with Crippen molar-refractivity contribution in [2.75, 3.05) is 25.6 Å². The van der Waals surface area contributed by atoms with E-state index in [2.05, 4.69) is 10.3 Å². The molecule has 0 aliphatic carbocycles. The van der Waals surface area contributed by atoms with Crippen molar-refractivity contribution < 1.29 is 9.53 Å². The van der Waals surface area contributed by atoms with Gasteiger partial charge in [-0.25, -0.2) is 10.5 Å². The van der Waals surface area contributed by atoms with Gasteiger partial charge in [-0.15, -0.1) is 5.10 Å². The van der Waals surface area contributed by atoms with Crippen LogP contribution in [0.15, 0.2) is 30.5 Å². The number of nitrogens with two attached hydrogens (primary N) is 1. The number of rotatable bonds is 6. The number of aromatic nitrogens is 3. The van der Waals surface area contributed by atoms with Crippen LogP contribution >= 0.6 is 0 Å². The van der Waals surface area contributed by atoms with Crippen molar-refractivity contribution in [3.05, 3.63) is 36.2 Å². The van der Waals surface area contributed by atoms with E-state index in [-0.39, 0.29) is 5.69 Å². The van der Waals surface area contributed by atoms with Gasteiger partial charge in [0.1, 0.15) is 12.4 Å². The Balaban J connectivity index is 1.88. The summed E-state index contributed by atoms with van der Waals surface area (Å²) in [6.07, 6.45) is 1.52. The summed E-state index contributed by atoms with van der Waals surface area (Å²) < 4.78 is 7.18. The van der Waals surface area contributed by atoms with Crippen LogP contribution in [0.2, 0.25) is 0 Å². The van der Waals surface area contributed by atoms with E-state index in [1.54, 1.807) is 0 Å². The van der Waals surface area contributed by atoms with E-state index < -0.39 is 5.91 Å². The molecule has 8 nitrogen and oxygen atoms in total. The van der Waals surface area contributed by atoms with E-state index >= 15 is 0 Å². The van der Waals surface area contributed by atoms with Gasteiger partial charge >= 0.3 is 0 Å². The zero-order valence-electron chi connectivity index (χ0n) is 12.0. The summed E-state index contributed by atoms with van der Waals surface area (Å²) in [6.45, 7) is 0.904. The van der Waals surface area contributed by atoms with Gasteiger partial charge in [0, 0.05) is 25.8 Å². The molecule has 0 saturated heterocycles. The Labute approximate surface area is 122 Å². The minimum absolute atomic E-state index is 0.173. The molecule has 2 rings (SSSR count). The molecule has 0 unspecified atom stereocenters. The van der Waals surface area contributed by atoms with Gasteiger partial charge in [-0.2, -0.15) is 0 Å². The molecule has 1 heterocycles. The number of carbonyl (C=O) groups is 1. The number of nitrogens with zero attached hydrogens (tertiary/aromatic N) is 4. The first-order valence-corrected chi connectivity index (χ1v) is 6.41. The average Bonchev–Trinajstić information content (AvgIpc) is 2.95. The fourth-order valence-corrected chi connectivity index (χ4v) is 1.69. The Morgan fingerprint density at radius 3 is 3.00 bits per heavy atom. The standard InChI is InChI=1S/C13H18N6O2/c1-18(2)10-4-3-5-11(8-10)21-7-6-19-9-12(16-17-19)13(20)15-14/h3-5,8-9H,6-7,14H2,1-2H3,(H,15,20). The van der Waals surface area contributed by atoms with Gasteiger partial charge in [0.25, 0.3) is 5.91 Å². The molecule has 1 aromatic carbocycles. The predicted octanol–water partition coefficient (Wildman–Crippen LogP) is 0.0266. The Morgan fingerprint density at radius 1 is 1.48 bits per heavy atom. The minimum Gasteiger partial charge on any atom is -0.492 e. The molecule has 0 atom stereocenters. The van der Waals surface area contributed by atoms with Gasteiger partial charge in [-0.3, -0.25) is 10.2 Å². The Bertz CT molecular complexity index is 610. The highest BCUT2D eigenvalue weighted by Gasteiger charge is 2.08. The molecule has 112 valence electrons. The van der Waals surface area contributed by atoms with Crippen LogP contribution in [-0.4, -0.2) is 41.6 Å². The molecule has 0 aliphatic heterocycles. The molecule has 8 heteroatoms. The maximum atomic E-state index is 11.2. The zero-order chi connectivity index (χ0) is 15.2. The number of hydrogen-bond donors (Lipinski definition) is 2. The molecule has 0 fully saturated rings. The van der Waals surface area contributed by atoms with Crippen LogP contribution in [0.4, 0.5) is 5.69 Å². The second kappa shape index (κ2) is 6.71. The topological polar surface area (TPSA) is 98.3 Å². The highest BCUT2D eigenvalue weighted by Crippen LogP contribution is 2.19. The number of hydrogen-bond acceptors (Lipinski definition) is 6. The summed E-state index contributed by atoms with van der Waals surface area (Å²) in [4.78, 5) is 13.2. The normalized spacial score (nSPS) is 10.2. The zero-order valence-corrected chi connectivity index (χ0v) is 12.0. The van der Waals surface area contributed by atoms with Gasteiger partial charge in [0.05, 0.1) is 12.7 Å². The van der Waals surface area contributed by atoms with Gasteiger partial charge in [-0.05, 0) is 12.1 Å². The monoisotopic (exact) mass is 290 g/mol. The van der Waals surface area contributed by atoms with Gasteiger partial charge in [0.2, 0.25) is 0 Å². The smallest absolute Gasteiger partial charge is 0.287 e. The molecule has 1 aromatic heterocycles. The molecule has 0 radical (unpaired) electrons. The van der Waals surface area contributed by atoms with Gasteiger partial charge in [-0.1, -0.05) is 11.3 Å². The van der Waals surface area contributed by atoms with Crippen LogP contribution in [0.1, 0.15) is 10.5 Å². The Kier molecular flexibility index (Phi) is 4.72. The van der Waals surface area contributed by atoms with Crippen LogP contribution in [0.25, 0.3) is 0 Å². The summed E-state index contributed by atoms with van der Waals surface area (Å²) in [5, 5.41) is 7.53. The van der Waals surface area contributed by atoms with Crippen molar-refractivity contribution in [2.45, 2.75) is 6.54 Å². The molecule has 0 aliphatic rings. The van der Waals surface area contributed by atoms with Gasteiger partial charge in [0.15, 0.2) is 5.69 Å². The molecule has 2 aromatic rings. The molecule has 0 saturated carbocycles. The Morgan fingerprint density at radius 2 is 2.29 bits per heavy atom. The fourth-order valence-electron chi connectivity index (χ4n) is 1.69. The van der Waals surface area contributed by atoms with Crippen molar-refractivity contribution in [1.29, 1.82) is 0 Å². The lowest BCUT2D eigenvalue weighted by atomic mass is 10.3. The number of carbonyl (C=O) groups excluding carboxylic acids is 1. The molecule has 1 amide bonds. The minimum atomic E-state index is -0.471. The lowest BCUT2D eigenvalue weighted by Crippen LogP contribution is -2.30. The highest BCUT2D eigenvalue weighted by molar-refractivity contribution is 5.91. The number of hydrazine groups is 1. The van der Waals surface area contributed by atoms with Crippen LogP contribution in [-0.2, 0) is 6.54 Å². The van der Waals surface area contributed by atoms with E-state index in [0.717, 1.165) is 11.4 Å². The molecule has 0 bridgehead atoms. The van der Waals surface area contributed by atoms with E-state index in [1.807, 2.05) is 48.7 Å². The van der Waals surface area contributed by atoms with Crippen LogP contribution in [0.5, 0.6) is 5.75 Å². The van der Waals surface area contributed by atoms with Crippen LogP contribution < -0.4 is 20.9 Å². The third-order valence-electron chi connectivity index (χ3n) is 2.83. The molecular weight excluding hydrogens is 272 g/mol. The van der Waals surface area contributed by atoms with Crippen molar-refractivity contribution in [1.82, 2.24) is 20.4 Å². The van der Waals surface area contributed by atoms with Crippen molar-refractivity contribution >= 4 is 11.6 Å². The second-order valence-electron chi connectivity index (χ2n) is 4.58. The number of amides is 1. The summed E-state index contributed by atoms with van der Waals surface area (Å²) in [7, 11) is 3.94. The summed E-state index contributed by atoms with van der Waals surface area (Å²) in [6, 6.07) is 7.78. The summed E-state index contributed by atoms with van der Waals surface area (Å²) in [5.74, 6) is 5.33. The lowest BCUT2D eigenvalue weighted by molar-refractivity contribution is 0.0948. The third-order valence-corrected chi connectivity index (χ3v) is 2.83. The first kappa shape index (κ1) is 14.8. The van der Waals surface area contributed by atoms with Crippen molar-refractivity contribution in [3.63, 3.8) is 0 Å². The molecule has 21 heavy (non-hydrogen) atoms. The average molecular weight is 290 g/mol. The molecular formula is C13H18N6O2.